The summed E-state index contributed by atoms with van der Waals surface area (Å²) in [5, 5.41) is 2.90. The highest BCUT2D eigenvalue weighted by atomic mass is 16.2. The SMILES string of the molecule is CC(C)C[C@@H](NC(=O)CN1C(=O)C(=O)N(Cc2ccccc2)C1=O)c1ccccc1. The molecule has 2 aromatic rings. The Morgan fingerprint density at radius 1 is 0.867 bits per heavy atom. The molecule has 1 atom stereocenters. The van der Waals surface area contributed by atoms with Crippen LogP contribution in [-0.4, -0.2) is 40.1 Å². The lowest BCUT2D eigenvalue weighted by atomic mass is 9.97. The summed E-state index contributed by atoms with van der Waals surface area (Å²) in [6, 6.07) is 17.4. The molecule has 0 aromatic heterocycles. The highest BCUT2D eigenvalue weighted by Crippen LogP contribution is 2.21. The first-order valence-electron chi connectivity index (χ1n) is 9.92. The Labute approximate surface area is 175 Å². The van der Waals surface area contributed by atoms with Crippen LogP contribution in [0.15, 0.2) is 60.7 Å². The topological polar surface area (TPSA) is 86.8 Å². The summed E-state index contributed by atoms with van der Waals surface area (Å²) in [6.45, 7) is 3.60. The van der Waals surface area contributed by atoms with Gasteiger partial charge >= 0.3 is 17.8 Å². The van der Waals surface area contributed by atoms with Crippen molar-refractivity contribution in [1.82, 2.24) is 15.1 Å². The van der Waals surface area contributed by atoms with Crippen molar-refractivity contribution in [3.63, 3.8) is 0 Å². The van der Waals surface area contributed by atoms with E-state index in [1.165, 1.54) is 0 Å². The molecule has 1 fully saturated rings. The number of nitrogens with zero attached hydrogens (tertiary/aromatic N) is 2. The first-order chi connectivity index (χ1) is 14.4. The lowest BCUT2D eigenvalue weighted by Crippen LogP contribution is -2.42. The number of carbonyl (C=O) groups is 4. The van der Waals surface area contributed by atoms with Crippen molar-refractivity contribution < 1.29 is 19.2 Å². The van der Waals surface area contributed by atoms with Gasteiger partial charge in [-0.1, -0.05) is 74.5 Å². The van der Waals surface area contributed by atoms with Gasteiger partial charge in [0.1, 0.15) is 6.54 Å². The molecule has 30 heavy (non-hydrogen) atoms. The molecule has 0 radical (unpaired) electrons. The highest BCUT2D eigenvalue weighted by molar-refractivity contribution is 6.44. The molecule has 0 saturated carbocycles. The number of carbonyl (C=O) groups excluding carboxylic acids is 4. The molecule has 7 nitrogen and oxygen atoms in total. The van der Waals surface area contributed by atoms with Crippen molar-refractivity contribution in [2.45, 2.75) is 32.9 Å². The fraction of sp³-hybridized carbons (Fsp3) is 0.304. The molecule has 0 spiro atoms. The van der Waals surface area contributed by atoms with Crippen LogP contribution >= 0.6 is 0 Å². The van der Waals surface area contributed by atoms with E-state index in [1.54, 1.807) is 24.3 Å². The third kappa shape index (κ3) is 4.92. The minimum absolute atomic E-state index is 0.0116. The Kier molecular flexibility index (Phi) is 6.61. The van der Waals surface area contributed by atoms with E-state index in [9.17, 15) is 19.2 Å². The monoisotopic (exact) mass is 407 g/mol. The van der Waals surface area contributed by atoms with Crippen LogP contribution in [0.2, 0.25) is 0 Å². The Balaban J connectivity index is 1.68. The zero-order valence-electron chi connectivity index (χ0n) is 17.1. The molecule has 0 unspecified atom stereocenters. The Bertz CT molecular complexity index is 928. The zero-order valence-corrected chi connectivity index (χ0v) is 17.1. The van der Waals surface area contributed by atoms with Gasteiger partial charge in [-0.05, 0) is 23.5 Å². The quantitative estimate of drug-likeness (QED) is 0.538. The number of hydrogen-bond donors (Lipinski definition) is 1. The molecule has 1 saturated heterocycles. The van der Waals surface area contributed by atoms with Crippen LogP contribution in [0.1, 0.15) is 37.4 Å². The minimum atomic E-state index is -0.980. The van der Waals surface area contributed by atoms with E-state index in [4.69, 9.17) is 0 Å². The molecule has 1 aliphatic heterocycles. The normalized spacial score (nSPS) is 15.1. The lowest BCUT2D eigenvalue weighted by molar-refractivity contribution is -0.144. The summed E-state index contributed by atoms with van der Waals surface area (Å²) in [7, 11) is 0. The van der Waals surface area contributed by atoms with Crippen molar-refractivity contribution in [2.24, 2.45) is 5.92 Å². The predicted octanol–water partition coefficient (Wildman–Crippen LogP) is 2.88. The Morgan fingerprint density at radius 2 is 1.43 bits per heavy atom. The second kappa shape index (κ2) is 9.35. The molecule has 1 heterocycles. The molecule has 5 amide bonds. The van der Waals surface area contributed by atoms with E-state index in [0.717, 1.165) is 16.0 Å². The predicted molar refractivity (Wildman–Crippen MR) is 111 cm³/mol. The van der Waals surface area contributed by atoms with E-state index in [0.29, 0.717) is 17.2 Å². The number of imide groups is 2. The Hall–Kier alpha value is -3.48. The minimum Gasteiger partial charge on any atom is -0.348 e. The molecule has 0 bridgehead atoms. The average molecular weight is 407 g/mol. The van der Waals surface area contributed by atoms with Crippen molar-refractivity contribution in [3.05, 3.63) is 71.8 Å². The number of urea groups is 1. The molecule has 0 aliphatic carbocycles. The first-order valence-corrected chi connectivity index (χ1v) is 9.92. The first kappa shape index (κ1) is 21.2. The molecule has 3 rings (SSSR count). The van der Waals surface area contributed by atoms with Gasteiger partial charge in [0.2, 0.25) is 5.91 Å². The van der Waals surface area contributed by atoms with E-state index in [2.05, 4.69) is 19.2 Å². The molecule has 156 valence electrons. The maximum atomic E-state index is 12.6. The molecule has 1 N–H and O–H groups in total. The number of rotatable bonds is 8. The van der Waals surface area contributed by atoms with Gasteiger partial charge in [0.15, 0.2) is 0 Å². The van der Waals surface area contributed by atoms with Crippen LogP contribution in [0.3, 0.4) is 0 Å². The van der Waals surface area contributed by atoms with Crippen molar-refractivity contribution in [2.75, 3.05) is 6.54 Å². The van der Waals surface area contributed by atoms with E-state index < -0.39 is 30.3 Å². The van der Waals surface area contributed by atoms with Crippen LogP contribution in [0.25, 0.3) is 0 Å². The van der Waals surface area contributed by atoms with Crippen molar-refractivity contribution in [1.29, 1.82) is 0 Å². The van der Waals surface area contributed by atoms with Gasteiger partial charge in [-0.15, -0.1) is 0 Å². The van der Waals surface area contributed by atoms with E-state index in [1.807, 2.05) is 36.4 Å². The Morgan fingerprint density at radius 3 is 2.03 bits per heavy atom. The standard InChI is InChI=1S/C23H25N3O4/c1-16(2)13-19(18-11-7-4-8-12-18)24-20(27)15-26-22(29)21(28)25(23(26)30)14-17-9-5-3-6-10-17/h3-12,16,19H,13-15H2,1-2H3,(H,24,27)/t19-/m1/s1. The number of hydrogen-bond acceptors (Lipinski definition) is 4. The molecular formula is C23H25N3O4. The molecule has 7 heteroatoms. The maximum Gasteiger partial charge on any atom is 0.335 e. The highest BCUT2D eigenvalue weighted by Gasteiger charge is 2.45. The summed E-state index contributed by atoms with van der Waals surface area (Å²) in [6.07, 6.45) is 0.705. The van der Waals surface area contributed by atoms with Crippen LogP contribution in [0.4, 0.5) is 4.79 Å². The largest absolute Gasteiger partial charge is 0.348 e. The summed E-state index contributed by atoms with van der Waals surface area (Å²) < 4.78 is 0. The molecular weight excluding hydrogens is 382 g/mol. The number of benzene rings is 2. The number of amides is 5. The summed E-state index contributed by atoms with van der Waals surface area (Å²) in [4.78, 5) is 51.4. The fourth-order valence-electron chi connectivity index (χ4n) is 3.41. The van der Waals surface area contributed by atoms with Crippen LogP contribution < -0.4 is 5.32 Å². The summed E-state index contributed by atoms with van der Waals surface area (Å²) in [5.41, 5.74) is 1.67. The fourth-order valence-corrected chi connectivity index (χ4v) is 3.41. The number of nitrogens with one attached hydrogen (secondary N) is 1. The van der Waals surface area contributed by atoms with Gasteiger partial charge in [-0.2, -0.15) is 0 Å². The van der Waals surface area contributed by atoms with Gasteiger partial charge in [0.25, 0.3) is 0 Å². The van der Waals surface area contributed by atoms with Crippen molar-refractivity contribution in [3.8, 4) is 0 Å². The average Bonchev–Trinajstić information content (AvgIpc) is 2.92. The van der Waals surface area contributed by atoms with Crippen molar-refractivity contribution >= 4 is 23.8 Å². The molecule has 1 aliphatic rings. The van der Waals surface area contributed by atoms with Gasteiger partial charge in [0.05, 0.1) is 12.6 Å². The van der Waals surface area contributed by atoms with Gasteiger partial charge in [0, 0.05) is 0 Å². The smallest absolute Gasteiger partial charge is 0.335 e. The second-order valence-corrected chi connectivity index (χ2v) is 7.71. The third-order valence-corrected chi connectivity index (χ3v) is 4.86. The summed E-state index contributed by atoms with van der Waals surface area (Å²) in [5.74, 6) is -2.06. The van der Waals surface area contributed by atoms with E-state index >= 15 is 0 Å². The van der Waals surface area contributed by atoms with E-state index in [-0.39, 0.29) is 12.6 Å². The van der Waals surface area contributed by atoms with Crippen LogP contribution in [0, 0.1) is 5.92 Å². The summed E-state index contributed by atoms with van der Waals surface area (Å²) >= 11 is 0. The maximum absolute atomic E-state index is 12.6. The van der Waals surface area contributed by atoms with Crippen LogP contribution in [0.5, 0.6) is 0 Å². The van der Waals surface area contributed by atoms with Gasteiger partial charge in [-0.3, -0.25) is 19.3 Å². The van der Waals surface area contributed by atoms with Crippen LogP contribution in [-0.2, 0) is 20.9 Å². The lowest BCUT2D eigenvalue weighted by Gasteiger charge is -2.22. The third-order valence-electron chi connectivity index (χ3n) is 4.86. The van der Waals surface area contributed by atoms with Gasteiger partial charge < -0.3 is 5.32 Å². The second-order valence-electron chi connectivity index (χ2n) is 7.71. The zero-order chi connectivity index (χ0) is 21.7. The molecule has 2 aromatic carbocycles. The van der Waals surface area contributed by atoms with Gasteiger partial charge in [-0.25, -0.2) is 9.69 Å².